The molecule has 0 aliphatic heterocycles. The molecule has 1 atom stereocenters. The first-order valence-corrected chi connectivity index (χ1v) is 12.5. The molecule has 0 unspecified atom stereocenters. The number of hydrogen-bond donors (Lipinski definition) is 2. The molecular formula is C32H30N2O2. The summed E-state index contributed by atoms with van der Waals surface area (Å²) in [6, 6.07) is 28.2. The van der Waals surface area contributed by atoms with E-state index >= 15 is 0 Å². The lowest BCUT2D eigenvalue weighted by Gasteiger charge is -2.20. The molecule has 0 saturated carbocycles. The summed E-state index contributed by atoms with van der Waals surface area (Å²) in [5, 5.41) is 10.8. The van der Waals surface area contributed by atoms with Crippen molar-refractivity contribution in [3.05, 3.63) is 120 Å². The van der Waals surface area contributed by atoms with Crippen molar-refractivity contribution in [2.24, 2.45) is 0 Å². The number of nitrogens with one attached hydrogen (secondary N) is 1. The van der Waals surface area contributed by atoms with Gasteiger partial charge in [-0.25, -0.2) is 0 Å². The highest BCUT2D eigenvalue weighted by molar-refractivity contribution is 5.90. The van der Waals surface area contributed by atoms with Crippen LogP contribution in [0.5, 0.6) is 5.75 Å². The number of fused-ring (bicyclic) bond motifs is 1. The number of nitrogens with zero attached hydrogens (tertiary/aromatic N) is 1. The fourth-order valence-electron chi connectivity index (χ4n) is 4.94. The minimum Gasteiger partial charge on any atom is -0.508 e. The molecule has 36 heavy (non-hydrogen) atoms. The van der Waals surface area contributed by atoms with Gasteiger partial charge in [0.05, 0.1) is 5.69 Å². The summed E-state index contributed by atoms with van der Waals surface area (Å²) in [5.41, 5.74) is 7.45. The molecule has 0 bridgehead atoms. The normalized spacial score (nSPS) is 12.0. The summed E-state index contributed by atoms with van der Waals surface area (Å²) >= 11 is 0. The molecule has 3 aromatic carbocycles. The quantitative estimate of drug-likeness (QED) is 0.241. The highest BCUT2D eigenvalue weighted by Crippen LogP contribution is 2.33. The van der Waals surface area contributed by atoms with Crippen molar-refractivity contribution in [3.8, 4) is 16.9 Å². The van der Waals surface area contributed by atoms with Gasteiger partial charge in [0.25, 0.3) is 0 Å². The van der Waals surface area contributed by atoms with Gasteiger partial charge in [-0.2, -0.15) is 0 Å². The van der Waals surface area contributed by atoms with Crippen molar-refractivity contribution in [1.82, 2.24) is 9.97 Å². The Hall–Kier alpha value is -4.18. The molecule has 0 radical (unpaired) electrons. The van der Waals surface area contributed by atoms with Gasteiger partial charge < -0.3 is 10.1 Å². The number of Topliss-reactive ketones (excluding diaryl/α,β-unsaturated/α-hetero) is 1. The zero-order valence-corrected chi connectivity index (χ0v) is 20.4. The van der Waals surface area contributed by atoms with E-state index in [2.05, 4.69) is 54.4 Å². The number of hydrogen-bond acceptors (Lipinski definition) is 3. The molecule has 5 aromatic rings. The fraction of sp³-hybridized carbons (Fsp3) is 0.188. The summed E-state index contributed by atoms with van der Waals surface area (Å²) in [6.07, 6.45) is 6.12. The number of pyridine rings is 1. The van der Waals surface area contributed by atoms with Gasteiger partial charge in [0.15, 0.2) is 0 Å². The minimum atomic E-state index is -0.0550. The zero-order chi connectivity index (χ0) is 24.9. The van der Waals surface area contributed by atoms with Gasteiger partial charge in [-0.15, -0.1) is 0 Å². The third-order valence-corrected chi connectivity index (χ3v) is 6.84. The lowest BCUT2D eigenvalue weighted by Crippen LogP contribution is -2.14. The molecule has 0 saturated heterocycles. The lowest BCUT2D eigenvalue weighted by molar-refractivity contribution is -0.118. The second kappa shape index (κ2) is 10.6. The van der Waals surface area contributed by atoms with Gasteiger partial charge in [-0.3, -0.25) is 9.78 Å². The first-order chi connectivity index (χ1) is 17.6. The average Bonchev–Trinajstić information content (AvgIpc) is 3.30. The van der Waals surface area contributed by atoms with Crippen LogP contribution in [0.2, 0.25) is 0 Å². The van der Waals surface area contributed by atoms with E-state index in [0.717, 1.165) is 46.1 Å². The monoisotopic (exact) mass is 474 g/mol. The Labute approximate surface area is 211 Å². The smallest absolute Gasteiger partial charge is 0.138 e. The van der Waals surface area contributed by atoms with Crippen LogP contribution in [0.25, 0.3) is 22.0 Å². The van der Waals surface area contributed by atoms with Crippen LogP contribution in [0.15, 0.2) is 97.3 Å². The highest BCUT2D eigenvalue weighted by Gasteiger charge is 2.22. The molecule has 4 heteroatoms. The number of ketones is 1. The standard InChI is InChI=1S/C32H30N2O2/c1-2-22-10-12-24(13-11-22)29-9-6-16-33-32(29)25(17-23-7-4-3-5-8-23)18-28(36)19-26-21-34-31-15-14-27(35)20-30(26)31/h3-16,20-21,25,34-35H,2,17-19H2,1H3/t25-/m1/s1. The fourth-order valence-corrected chi connectivity index (χ4v) is 4.94. The average molecular weight is 475 g/mol. The molecule has 2 N–H and O–H groups in total. The first kappa shape index (κ1) is 23.6. The summed E-state index contributed by atoms with van der Waals surface area (Å²) in [6.45, 7) is 2.15. The molecule has 0 aliphatic rings. The van der Waals surface area contributed by atoms with Gasteiger partial charge in [0.2, 0.25) is 0 Å². The number of phenols is 1. The van der Waals surface area contributed by atoms with Crippen molar-refractivity contribution in [1.29, 1.82) is 0 Å². The number of aromatic hydroxyl groups is 1. The van der Waals surface area contributed by atoms with Crippen LogP contribution >= 0.6 is 0 Å². The number of H-pyrrole nitrogens is 1. The summed E-state index contributed by atoms with van der Waals surface area (Å²) in [7, 11) is 0. The van der Waals surface area contributed by atoms with E-state index in [4.69, 9.17) is 4.98 Å². The maximum absolute atomic E-state index is 13.4. The second-order valence-corrected chi connectivity index (χ2v) is 9.34. The van der Waals surface area contributed by atoms with Crippen molar-refractivity contribution in [2.45, 2.75) is 38.5 Å². The van der Waals surface area contributed by atoms with Crippen molar-refractivity contribution in [2.75, 3.05) is 0 Å². The van der Waals surface area contributed by atoms with Gasteiger partial charge in [-0.05, 0) is 59.4 Å². The van der Waals surface area contributed by atoms with Crippen molar-refractivity contribution < 1.29 is 9.90 Å². The van der Waals surface area contributed by atoms with Crippen molar-refractivity contribution in [3.63, 3.8) is 0 Å². The van der Waals surface area contributed by atoms with E-state index in [0.29, 0.717) is 12.8 Å². The molecule has 180 valence electrons. The number of aromatic nitrogens is 2. The van der Waals surface area contributed by atoms with E-state index in [1.54, 1.807) is 12.1 Å². The molecule has 2 aromatic heterocycles. The summed E-state index contributed by atoms with van der Waals surface area (Å²) in [5.74, 6) is 0.295. The lowest BCUT2D eigenvalue weighted by atomic mass is 9.86. The number of benzene rings is 3. The minimum absolute atomic E-state index is 0.0550. The van der Waals surface area contributed by atoms with Crippen LogP contribution < -0.4 is 0 Å². The van der Waals surface area contributed by atoms with E-state index in [1.807, 2.05) is 42.7 Å². The third-order valence-electron chi connectivity index (χ3n) is 6.84. The molecule has 0 aliphatic carbocycles. The van der Waals surface area contributed by atoms with Crippen LogP contribution in [0.4, 0.5) is 0 Å². The van der Waals surface area contributed by atoms with E-state index in [1.165, 1.54) is 11.1 Å². The zero-order valence-electron chi connectivity index (χ0n) is 20.4. The van der Waals surface area contributed by atoms with E-state index < -0.39 is 0 Å². The molecule has 2 heterocycles. The Bertz CT molecular complexity index is 1470. The Balaban J connectivity index is 1.46. The van der Waals surface area contributed by atoms with Gasteiger partial charge in [0, 0.05) is 47.6 Å². The Morgan fingerprint density at radius 3 is 2.53 bits per heavy atom. The molecule has 0 spiro atoms. The number of rotatable bonds is 9. The topological polar surface area (TPSA) is 66.0 Å². The largest absolute Gasteiger partial charge is 0.508 e. The van der Waals surface area contributed by atoms with Gasteiger partial charge in [-0.1, -0.05) is 67.6 Å². The molecule has 0 amide bonds. The third kappa shape index (κ3) is 5.23. The summed E-state index contributed by atoms with van der Waals surface area (Å²) < 4.78 is 0. The first-order valence-electron chi connectivity index (χ1n) is 12.5. The maximum Gasteiger partial charge on any atom is 0.138 e. The SMILES string of the molecule is CCc1ccc(-c2cccnc2[C@@H](CC(=O)Cc2c[nH]c3ccc(O)cc23)Cc2ccccc2)cc1. The molecular weight excluding hydrogens is 444 g/mol. The highest BCUT2D eigenvalue weighted by atomic mass is 16.3. The van der Waals surface area contributed by atoms with Crippen LogP contribution in [0, 0.1) is 0 Å². The van der Waals surface area contributed by atoms with Crippen LogP contribution in [-0.2, 0) is 24.1 Å². The van der Waals surface area contributed by atoms with E-state index in [-0.39, 0.29) is 17.5 Å². The van der Waals surface area contributed by atoms with Crippen LogP contribution in [0.1, 0.15) is 41.6 Å². The molecule has 4 nitrogen and oxygen atoms in total. The summed E-state index contributed by atoms with van der Waals surface area (Å²) in [4.78, 5) is 21.5. The number of carbonyl (C=O) groups excluding carboxylic acids is 1. The second-order valence-electron chi connectivity index (χ2n) is 9.34. The Kier molecular flexibility index (Phi) is 6.94. The Morgan fingerprint density at radius 1 is 0.944 bits per heavy atom. The number of phenolic OH excluding ortho intramolecular Hbond substituents is 1. The molecule has 0 fully saturated rings. The molecule has 5 rings (SSSR count). The number of aromatic amines is 1. The Morgan fingerprint density at radius 2 is 1.75 bits per heavy atom. The van der Waals surface area contributed by atoms with Crippen molar-refractivity contribution >= 4 is 16.7 Å². The predicted octanol–water partition coefficient (Wildman–Crippen LogP) is 7.03. The van der Waals surface area contributed by atoms with E-state index in [9.17, 15) is 9.90 Å². The van der Waals surface area contributed by atoms with Gasteiger partial charge >= 0.3 is 0 Å². The maximum atomic E-state index is 13.4. The van der Waals surface area contributed by atoms with Crippen LogP contribution in [-0.4, -0.2) is 20.9 Å². The number of aryl methyl sites for hydroxylation is 1. The van der Waals surface area contributed by atoms with Gasteiger partial charge in [0.1, 0.15) is 11.5 Å². The predicted molar refractivity (Wildman–Crippen MR) is 145 cm³/mol. The number of carbonyl (C=O) groups is 1. The van der Waals surface area contributed by atoms with Crippen LogP contribution in [0.3, 0.4) is 0 Å².